The molecule has 5 heteroatoms. The number of nitrogens with one attached hydrogen (secondary N) is 1. The second-order valence-electron chi connectivity index (χ2n) is 3.78. The molecule has 1 aliphatic heterocycles. The van der Waals surface area contributed by atoms with Crippen molar-refractivity contribution < 1.29 is 14.7 Å². The van der Waals surface area contributed by atoms with Gasteiger partial charge in [-0.1, -0.05) is 11.6 Å². The molecule has 1 aliphatic rings. The summed E-state index contributed by atoms with van der Waals surface area (Å²) in [7, 11) is 0. The van der Waals surface area contributed by atoms with Crippen molar-refractivity contribution in [2.24, 2.45) is 0 Å². The second kappa shape index (κ2) is 4.14. The van der Waals surface area contributed by atoms with E-state index in [1.54, 1.807) is 12.1 Å². The fourth-order valence-corrected chi connectivity index (χ4v) is 2.06. The van der Waals surface area contributed by atoms with E-state index in [9.17, 15) is 9.59 Å². The van der Waals surface area contributed by atoms with Crippen molar-refractivity contribution in [3.8, 4) is 0 Å². The first-order valence-corrected chi connectivity index (χ1v) is 5.24. The first kappa shape index (κ1) is 11.0. The van der Waals surface area contributed by atoms with Crippen LogP contribution in [0.2, 0.25) is 5.02 Å². The Balaban J connectivity index is 2.34. The van der Waals surface area contributed by atoms with Crippen LogP contribution < -0.4 is 5.32 Å². The predicted octanol–water partition coefficient (Wildman–Crippen LogP) is 1.64. The van der Waals surface area contributed by atoms with Gasteiger partial charge in [-0.25, -0.2) is 4.79 Å². The smallest absolute Gasteiger partial charge is 0.335 e. The number of benzene rings is 1. The van der Waals surface area contributed by atoms with Crippen molar-refractivity contribution in [1.29, 1.82) is 0 Å². The Morgan fingerprint density at radius 1 is 1.44 bits per heavy atom. The highest BCUT2D eigenvalue weighted by Gasteiger charge is 2.24. The Hall–Kier alpha value is -1.55. The monoisotopic (exact) mass is 239 g/mol. The summed E-state index contributed by atoms with van der Waals surface area (Å²) in [4.78, 5) is 21.9. The molecule has 16 heavy (non-hydrogen) atoms. The number of halogens is 1. The summed E-state index contributed by atoms with van der Waals surface area (Å²) in [6.07, 6.45) is 0.388. The number of carboxylic acid groups (broad SMARTS) is 1. The van der Waals surface area contributed by atoms with Gasteiger partial charge in [-0.2, -0.15) is 0 Å². The summed E-state index contributed by atoms with van der Waals surface area (Å²) >= 11 is 5.84. The average Bonchev–Trinajstić information content (AvgIpc) is 2.64. The third-order valence-electron chi connectivity index (χ3n) is 2.62. The van der Waals surface area contributed by atoms with Crippen molar-refractivity contribution in [3.63, 3.8) is 0 Å². The van der Waals surface area contributed by atoms with Crippen LogP contribution in [-0.2, 0) is 4.79 Å². The van der Waals surface area contributed by atoms with Crippen LogP contribution in [0.15, 0.2) is 18.2 Å². The van der Waals surface area contributed by atoms with Gasteiger partial charge in [0.05, 0.1) is 5.56 Å². The molecule has 4 nitrogen and oxygen atoms in total. The van der Waals surface area contributed by atoms with Gasteiger partial charge in [-0.15, -0.1) is 0 Å². The fraction of sp³-hybridized carbons (Fsp3) is 0.273. The van der Waals surface area contributed by atoms with E-state index in [1.165, 1.54) is 6.07 Å². The molecule has 1 aromatic rings. The average molecular weight is 240 g/mol. The van der Waals surface area contributed by atoms with Gasteiger partial charge in [-0.05, 0) is 23.8 Å². The summed E-state index contributed by atoms with van der Waals surface area (Å²) < 4.78 is 0. The van der Waals surface area contributed by atoms with Crippen LogP contribution in [0.5, 0.6) is 0 Å². The highest BCUT2D eigenvalue weighted by Crippen LogP contribution is 2.26. The van der Waals surface area contributed by atoms with Crippen LogP contribution in [0.25, 0.3) is 0 Å². The van der Waals surface area contributed by atoms with Gasteiger partial charge in [-0.3, -0.25) is 4.79 Å². The molecular formula is C11H10ClNO3. The van der Waals surface area contributed by atoms with Gasteiger partial charge in [0.1, 0.15) is 0 Å². The number of carbonyl (C=O) groups is 2. The Labute approximate surface area is 97.2 Å². The molecule has 84 valence electrons. The van der Waals surface area contributed by atoms with E-state index in [0.29, 0.717) is 18.0 Å². The summed E-state index contributed by atoms with van der Waals surface area (Å²) in [5.74, 6) is -1.01. The van der Waals surface area contributed by atoms with E-state index in [-0.39, 0.29) is 17.4 Å². The molecule has 0 aliphatic carbocycles. The summed E-state index contributed by atoms with van der Waals surface area (Å²) in [5.41, 5.74) is 0.949. The molecule has 1 saturated heterocycles. The van der Waals surface area contributed by atoms with E-state index in [1.807, 2.05) is 0 Å². The quantitative estimate of drug-likeness (QED) is 0.825. The summed E-state index contributed by atoms with van der Waals surface area (Å²) in [6, 6.07) is 4.68. The SMILES string of the molecule is O=C1CC(c2cc(Cl)cc(C(=O)O)c2)CN1. The lowest BCUT2D eigenvalue weighted by molar-refractivity contribution is -0.119. The van der Waals surface area contributed by atoms with E-state index in [0.717, 1.165) is 5.56 Å². The number of carbonyl (C=O) groups excluding carboxylic acids is 1. The Bertz CT molecular complexity index is 459. The number of amides is 1. The molecule has 1 unspecified atom stereocenters. The molecule has 1 aromatic carbocycles. The highest BCUT2D eigenvalue weighted by molar-refractivity contribution is 6.31. The van der Waals surface area contributed by atoms with Crippen molar-refractivity contribution in [1.82, 2.24) is 5.32 Å². The Morgan fingerprint density at radius 2 is 2.19 bits per heavy atom. The minimum absolute atomic E-state index is 0.0122. The minimum atomic E-state index is -1.01. The molecular weight excluding hydrogens is 230 g/mol. The standard InChI is InChI=1S/C11H10ClNO3/c12-9-2-6(1-7(3-9)11(15)16)8-4-10(14)13-5-8/h1-3,8H,4-5H2,(H,13,14)(H,15,16). The molecule has 2 N–H and O–H groups in total. The Morgan fingerprint density at radius 3 is 2.75 bits per heavy atom. The van der Waals surface area contributed by atoms with E-state index in [4.69, 9.17) is 16.7 Å². The first-order valence-electron chi connectivity index (χ1n) is 4.87. The highest BCUT2D eigenvalue weighted by atomic mass is 35.5. The maximum absolute atomic E-state index is 11.1. The number of hydrogen-bond donors (Lipinski definition) is 2. The molecule has 0 radical (unpaired) electrons. The summed E-state index contributed by atoms with van der Waals surface area (Å²) in [6.45, 7) is 0.540. The van der Waals surface area contributed by atoms with E-state index < -0.39 is 5.97 Å². The van der Waals surface area contributed by atoms with E-state index >= 15 is 0 Å². The van der Waals surface area contributed by atoms with Crippen LogP contribution in [0, 0.1) is 0 Å². The molecule has 2 rings (SSSR count). The van der Waals surface area contributed by atoms with Gasteiger partial charge < -0.3 is 10.4 Å². The first-order chi connectivity index (χ1) is 7.56. The molecule has 0 aromatic heterocycles. The number of aromatic carboxylic acids is 1. The van der Waals surface area contributed by atoms with E-state index in [2.05, 4.69) is 5.32 Å². The normalized spacial score (nSPS) is 19.6. The largest absolute Gasteiger partial charge is 0.478 e. The van der Waals surface area contributed by atoms with Gasteiger partial charge >= 0.3 is 5.97 Å². The zero-order valence-electron chi connectivity index (χ0n) is 8.37. The maximum atomic E-state index is 11.1. The molecule has 0 spiro atoms. The lowest BCUT2D eigenvalue weighted by Crippen LogP contribution is -2.13. The van der Waals surface area contributed by atoms with Gasteiger partial charge in [0, 0.05) is 23.9 Å². The third-order valence-corrected chi connectivity index (χ3v) is 2.83. The zero-order valence-corrected chi connectivity index (χ0v) is 9.12. The maximum Gasteiger partial charge on any atom is 0.335 e. The molecule has 0 saturated carbocycles. The summed E-state index contributed by atoms with van der Waals surface area (Å²) in [5, 5.41) is 12.0. The number of carboxylic acids is 1. The van der Waals surface area contributed by atoms with Crippen molar-refractivity contribution in [2.75, 3.05) is 6.54 Å². The molecule has 1 fully saturated rings. The van der Waals surface area contributed by atoms with Crippen LogP contribution in [-0.4, -0.2) is 23.5 Å². The Kier molecular flexibility index (Phi) is 2.83. The minimum Gasteiger partial charge on any atom is -0.478 e. The van der Waals surface area contributed by atoms with Crippen LogP contribution >= 0.6 is 11.6 Å². The lowest BCUT2D eigenvalue weighted by atomic mass is 9.96. The van der Waals surface area contributed by atoms with Crippen LogP contribution in [0.1, 0.15) is 28.3 Å². The van der Waals surface area contributed by atoms with Gasteiger partial charge in [0.15, 0.2) is 0 Å². The topological polar surface area (TPSA) is 66.4 Å². The molecule has 1 amide bonds. The predicted molar refractivity (Wildman–Crippen MR) is 58.8 cm³/mol. The van der Waals surface area contributed by atoms with Crippen molar-refractivity contribution in [3.05, 3.63) is 34.3 Å². The van der Waals surface area contributed by atoms with Gasteiger partial charge in [0.25, 0.3) is 0 Å². The number of rotatable bonds is 2. The van der Waals surface area contributed by atoms with Crippen LogP contribution in [0.4, 0.5) is 0 Å². The van der Waals surface area contributed by atoms with Crippen molar-refractivity contribution >= 4 is 23.5 Å². The third kappa shape index (κ3) is 2.17. The molecule has 1 atom stereocenters. The molecule has 0 bridgehead atoms. The second-order valence-corrected chi connectivity index (χ2v) is 4.22. The van der Waals surface area contributed by atoms with Crippen molar-refractivity contribution in [2.45, 2.75) is 12.3 Å². The van der Waals surface area contributed by atoms with Gasteiger partial charge in [0.2, 0.25) is 5.91 Å². The zero-order chi connectivity index (χ0) is 11.7. The van der Waals surface area contributed by atoms with Crippen LogP contribution in [0.3, 0.4) is 0 Å². The lowest BCUT2D eigenvalue weighted by Gasteiger charge is -2.09. The fourth-order valence-electron chi connectivity index (χ4n) is 1.81. The molecule has 1 heterocycles. The number of hydrogen-bond acceptors (Lipinski definition) is 2.